The van der Waals surface area contributed by atoms with Crippen LogP contribution in [0.3, 0.4) is 0 Å². The molecule has 5 nitrogen and oxygen atoms in total. The number of anilines is 1. The number of nitriles is 1. The minimum Gasteiger partial charge on any atom is -0.372 e. The van der Waals surface area contributed by atoms with Crippen LogP contribution in [0.5, 0.6) is 0 Å². The number of hydrogen-bond donors (Lipinski definition) is 0. The lowest BCUT2D eigenvalue weighted by Gasteiger charge is -2.20. The molecule has 0 fully saturated rings. The van der Waals surface area contributed by atoms with E-state index >= 15 is 0 Å². The van der Waals surface area contributed by atoms with Gasteiger partial charge < -0.3 is 9.42 Å². The van der Waals surface area contributed by atoms with E-state index in [-0.39, 0.29) is 5.89 Å². The van der Waals surface area contributed by atoms with Crippen LogP contribution in [0.15, 0.2) is 46.3 Å². The summed E-state index contributed by atoms with van der Waals surface area (Å²) in [5.41, 5.74) is 2.44. The molecule has 25 heavy (non-hydrogen) atoms. The third kappa shape index (κ3) is 3.78. The second kappa shape index (κ2) is 7.77. The quantitative estimate of drug-likeness (QED) is 0.602. The third-order valence-corrected chi connectivity index (χ3v) is 4.72. The molecule has 6 heteroatoms. The van der Waals surface area contributed by atoms with Crippen LogP contribution in [0.25, 0.3) is 22.4 Å². The van der Waals surface area contributed by atoms with Crippen molar-refractivity contribution >= 4 is 28.7 Å². The first-order valence-electron chi connectivity index (χ1n) is 8.10. The second-order valence-corrected chi connectivity index (χ2v) is 6.28. The average molecular weight is 350 g/mol. The van der Waals surface area contributed by atoms with Gasteiger partial charge in [-0.2, -0.15) is 10.2 Å². The van der Waals surface area contributed by atoms with Gasteiger partial charge in [-0.3, -0.25) is 0 Å². The summed E-state index contributed by atoms with van der Waals surface area (Å²) in [5.74, 6) is 0.738. The molecule has 0 radical (unpaired) electrons. The van der Waals surface area contributed by atoms with Gasteiger partial charge in [-0.05, 0) is 49.1 Å². The fraction of sp³-hybridized carbons (Fsp3) is 0.211. The van der Waals surface area contributed by atoms with Crippen LogP contribution in [0.4, 0.5) is 5.69 Å². The van der Waals surface area contributed by atoms with Crippen LogP contribution in [-0.2, 0) is 0 Å². The SMILES string of the molecule is CCN(CC)c1ccc(/C=C(\C#N)c2nc(-c3cccs3)no2)cc1. The van der Waals surface area contributed by atoms with Crippen LogP contribution in [0, 0.1) is 11.3 Å². The number of hydrogen-bond acceptors (Lipinski definition) is 6. The van der Waals surface area contributed by atoms with Crippen LogP contribution in [0.1, 0.15) is 25.3 Å². The van der Waals surface area contributed by atoms with E-state index in [0.29, 0.717) is 11.4 Å². The summed E-state index contributed by atoms with van der Waals surface area (Å²) in [6.07, 6.45) is 1.76. The van der Waals surface area contributed by atoms with Crippen LogP contribution in [0.2, 0.25) is 0 Å². The maximum absolute atomic E-state index is 9.45. The zero-order valence-corrected chi connectivity index (χ0v) is 15.0. The standard InChI is InChI=1S/C19H18N4OS/c1-3-23(4-2)16-9-7-14(8-10-16)12-15(13-20)19-21-18(22-24-19)17-6-5-11-25-17/h5-12H,3-4H2,1-2H3/b15-12+. The second-order valence-electron chi connectivity index (χ2n) is 5.33. The number of aromatic nitrogens is 2. The third-order valence-electron chi connectivity index (χ3n) is 3.85. The Morgan fingerprint density at radius 3 is 2.60 bits per heavy atom. The molecule has 0 unspecified atom stereocenters. The first-order valence-corrected chi connectivity index (χ1v) is 8.97. The minimum atomic E-state index is 0.235. The van der Waals surface area contributed by atoms with Gasteiger partial charge in [0.05, 0.1) is 4.88 Å². The van der Waals surface area contributed by atoms with Gasteiger partial charge in [0.2, 0.25) is 5.82 Å². The van der Waals surface area contributed by atoms with E-state index in [0.717, 1.165) is 23.5 Å². The summed E-state index contributed by atoms with van der Waals surface area (Å²) in [6.45, 7) is 6.18. The molecule has 2 heterocycles. The fourth-order valence-corrected chi connectivity index (χ4v) is 3.17. The Kier molecular flexibility index (Phi) is 5.26. The van der Waals surface area contributed by atoms with E-state index < -0.39 is 0 Å². The highest BCUT2D eigenvalue weighted by molar-refractivity contribution is 7.13. The Morgan fingerprint density at radius 1 is 1.24 bits per heavy atom. The highest BCUT2D eigenvalue weighted by Crippen LogP contribution is 2.24. The smallest absolute Gasteiger partial charge is 0.268 e. The van der Waals surface area contributed by atoms with Gasteiger partial charge >= 0.3 is 0 Å². The maximum Gasteiger partial charge on any atom is 0.268 e. The van der Waals surface area contributed by atoms with Crippen molar-refractivity contribution in [1.82, 2.24) is 10.1 Å². The van der Waals surface area contributed by atoms with Gasteiger partial charge in [0.25, 0.3) is 5.89 Å². The Labute approximate surface area is 150 Å². The fourth-order valence-electron chi connectivity index (χ4n) is 2.52. The summed E-state index contributed by atoms with van der Waals surface area (Å²) >= 11 is 1.53. The summed E-state index contributed by atoms with van der Waals surface area (Å²) < 4.78 is 5.26. The molecule has 0 aliphatic carbocycles. The lowest BCUT2D eigenvalue weighted by Crippen LogP contribution is -2.21. The molecule has 0 N–H and O–H groups in total. The van der Waals surface area contributed by atoms with Gasteiger partial charge in [-0.15, -0.1) is 11.3 Å². The van der Waals surface area contributed by atoms with Crippen LogP contribution >= 0.6 is 11.3 Å². The van der Waals surface area contributed by atoms with E-state index in [1.54, 1.807) is 6.08 Å². The molecule has 0 atom stereocenters. The van der Waals surface area contributed by atoms with E-state index in [2.05, 4.69) is 47.1 Å². The highest BCUT2D eigenvalue weighted by atomic mass is 32.1. The van der Waals surface area contributed by atoms with E-state index in [4.69, 9.17) is 4.52 Å². The molecule has 1 aromatic carbocycles. The molecule has 0 bridgehead atoms. The highest BCUT2D eigenvalue weighted by Gasteiger charge is 2.13. The molecule has 0 aliphatic rings. The van der Waals surface area contributed by atoms with Crippen molar-refractivity contribution in [3.05, 3.63) is 53.2 Å². The Balaban J connectivity index is 1.85. The summed E-state index contributed by atoms with van der Waals surface area (Å²) in [7, 11) is 0. The van der Waals surface area contributed by atoms with Crippen molar-refractivity contribution in [1.29, 1.82) is 5.26 Å². The zero-order chi connectivity index (χ0) is 17.6. The molecular formula is C19H18N4OS. The average Bonchev–Trinajstić information content (AvgIpc) is 3.33. The van der Waals surface area contributed by atoms with Crippen molar-refractivity contribution < 1.29 is 4.52 Å². The number of rotatable bonds is 6. The largest absolute Gasteiger partial charge is 0.372 e. The predicted molar refractivity (Wildman–Crippen MR) is 101 cm³/mol. The normalized spacial score (nSPS) is 11.3. The summed E-state index contributed by atoms with van der Waals surface area (Å²) in [5, 5.41) is 15.4. The Bertz CT molecular complexity index is 884. The molecule has 3 rings (SSSR count). The number of thiophene rings is 1. The van der Waals surface area contributed by atoms with Gasteiger partial charge in [-0.1, -0.05) is 23.4 Å². The molecule has 0 amide bonds. The van der Waals surface area contributed by atoms with Crippen LogP contribution < -0.4 is 4.90 Å². The van der Waals surface area contributed by atoms with Gasteiger partial charge in [0.1, 0.15) is 11.6 Å². The summed E-state index contributed by atoms with van der Waals surface area (Å²) in [6, 6.07) is 14.1. The minimum absolute atomic E-state index is 0.235. The van der Waals surface area contributed by atoms with Crippen LogP contribution in [-0.4, -0.2) is 23.2 Å². The lowest BCUT2D eigenvalue weighted by molar-refractivity contribution is 0.409. The van der Waals surface area contributed by atoms with E-state index in [1.807, 2.05) is 29.6 Å². The van der Waals surface area contributed by atoms with Crippen molar-refractivity contribution in [3.8, 4) is 16.8 Å². The van der Waals surface area contributed by atoms with Crippen molar-refractivity contribution in [2.75, 3.05) is 18.0 Å². The maximum atomic E-state index is 9.45. The molecule has 3 aromatic rings. The molecule has 126 valence electrons. The zero-order valence-electron chi connectivity index (χ0n) is 14.1. The molecule has 2 aromatic heterocycles. The Hall–Kier alpha value is -2.91. The van der Waals surface area contributed by atoms with Gasteiger partial charge in [-0.25, -0.2) is 0 Å². The lowest BCUT2D eigenvalue weighted by atomic mass is 10.1. The molecule has 0 spiro atoms. The first-order chi connectivity index (χ1) is 12.2. The molecule has 0 saturated heterocycles. The van der Waals surface area contributed by atoms with Crippen molar-refractivity contribution in [3.63, 3.8) is 0 Å². The number of allylic oxidation sites excluding steroid dienone is 1. The molecule has 0 aliphatic heterocycles. The summed E-state index contributed by atoms with van der Waals surface area (Å²) in [4.78, 5) is 7.51. The topological polar surface area (TPSA) is 66.0 Å². The Morgan fingerprint density at radius 2 is 2.00 bits per heavy atom. The monoisotopic (exact) mass is 350 g/mol. The van der Waals surface area contributed by atoms with Gasteiger partial charge in [0.15, 0.2) is 0 Å². The van der Waals surface area contributed by atoms with E-state index in [1.165, 1.54) is 17.0 Å². The van der Waals surface area contributed by atoms with E-state index in [9.17, 15) is 5.26 Å². The molecule has 0 saturated carbocycles. The molecular weight excluding hydrogens is 332 g/mol. The predicted octanol–water partition coefficient (Wildman–Crippen LogP) is 4.71. The van der Waals surface area contributed by atoms with Crippen molar-refractivity contribution in [2.45, 2.75) is 13.8 Å². The first kappa shape index (κ1) is 16.9. The number of nitrogens with zero attached hydrogens (tertiary/aromatic N) is 4. The van der Waals surface area contributed by atoms with Crippen molar-refractivity contribution in [2.24, 2.45) is 0 Å². The number of benzene rings is 1. The van der Waals surface area contributed by atoms with Gasteiger partial charge in [0, 0.05) is 18.8 Å².